The smallest absolute Gasteiger partial charge is 0.307 e. The molecule has 3 atom stereocenters. The van der Waals surface area contributed by atoms with Crippen LogP contribution in [0.3, 0.4) is 0 Å². The number of ether oxygens (including phenoxy) is 20. The van der Waals surface area contributed by atoms with Crippen LogP contribution in [0.5, 0.6) is 51.7 Å². The van der Waals surface area contributed by atoms with Crippen molar-refractivity contribution in [3.63, 3.8) is 0 Å². The first kappa shape index (κ1) is 116. The zero-order valence-electron chi connectivity index (χ0n) is 83.2. The average molecular weight is 2050 g/mol. The summed E-state index contributed by atoms with van der Waals surface area (Å²) >= 11 is 0. The van der Waals surface area contributed by atoms with Crippen LogP contribution in [0.1, 0.15) is 124 Å². The Morgan fingerprint density at radius 3 is 0.882 bits per heavy atom. The van der Waals surface area contributed by atoms with Gasteiger partial charge < -0.3 is 125 Å². The molecule has 3 amide bonds. The third-order valence-corrected chi connectivity index (χ3v) is 23.4. The molecule has 6 aromatic rings. The molecule has 0 unspecified atom stereocenters. The van der Waals surface area contributed by atoms with Crippen LogP contribution >= 0.6 is 0 Å². The molecule has 41 nitrogen and oxygen atoms in total. The molecule has 3 fully saturated rings. The minimum Gasteiger partial charge on any atom is -0.504 e. The van der Waals surface area contributed by atoms with E-state index in [9.17, 15) is 60.9 Å². The molecule has 3 saturated heterocycles. The average Bonchev–Trinajstić information content (AvgIpc) is 1.63. The van der Waals surface area contributed by atoms with Crippen molar-refractivity contribution in [2.75, 3.05) is 214 Å². The van der Waals surface area contributed by atoms with Gasteiger partial charge in [-0.3, -0.25) is 52.1 Å². The zero-order valence-corrected chi connectivity index (χ0v) is 84.9. The summed E-state index contributed by atoms with van der Waals surface area (Å²) in [4.78, 5) is 92.2. The summed E-state index contributed by atoms with van der Waals surface area (Å²) in [6, 6.07) is 25.3. The molecule has 6 aliphatic heterocycles. The van der Waals surface area contributed by atoms with Gasteiger partial charge in [0.2, 0.25) is 0 Å². The molecular formula is C101H132N6O35S2. The fourth-order valence-electron chi connectivity index (χ4n) is 14.9. The number of rotatable bonds is 56. The Balaban J connectivity index is 0.000000240. The van der Waals surface area contributed by atoms with Gasteiger partial charge in [-0.25, -0.2) is 0 Å². The maximum Gasteiger partial charge on any atom is 0.307 e. The molecule has 6 aromatic carbocycles. The summed E-state index contributed by atoms with van der Waals surface area (Å²) in [6.07, 6.45) is 16.4. The number of fused-ring (bicyclic) bond motifs is 6. The van der Waals surface area contributed by atoms with E-state index in [1.54, 1.807) is 92.1 Å². The molecule has 43 heteroatoms. The van der Waals surface area contributed by atoms with Crippen molar-refractivity contribution >= 4 is 91.6 Å². The third kappa shape index (κ3) is 38.8. The van der Waals surface area contributed by atoms with Crippen LogP contribution in [0.2, 0.25) is 0 Å². The summed E-state index contributed by atoms with van der Waals surface area (Å²) < 4.78 is 163. The van der Waals surface area contributed by atoms with Gasteiger partial charge in [-0.15, -0.1) is 0 Å². The van der Waals surface area contributed by atoms with Crippen molar-refractivity contribution < 1.29 is 164 Å². The third-order valence-electron chi connectivity index (χ3n) is 22.3. The number of methoxy groups -OCH3 is 6. The zero-order chi connectivity index (χ0) is 104. The second-order valence-electron chi connectivity index (χ2n) is 32.7. The number of hydrogen-bond acceptors (Lipinski definition) is 38. The van der Waals surface area contributed by atoms with Crippen LogP contribution in [0.25, 0.3) is 0 Å². The number of hydrogen-bond donors (Lipinski definition) is 3. The van der Waals surface area contributed by atoms with Crippen molar-refractivity contribution in [3.05, 3.63) is 176 Å². The van der Waals surface area contributed by atoms with Gasteiger partial charge in [0, 0.05) is 56.5 Å². The van der Waals surface area contributed by atoms with Crippen molar-refractivity contribution in [1.29, 1.82) is 0 Å². The molecule has 144 heavy (non-hydrogen) atoms. The SMILES string of the molecule is C/C=C1\C[C@H]2C=Nc3cc(O)c(OC)cc3C(=O)N2C1.C/C=C1\C[C@H]2C=Nc3cc(OCc4cc(COc5cc6c(cc5OC)C(=O)N5C/C(=C/C)C[C@H]5C=N6)cc(OCCOCCOCCOCCC(=O)OC)c4)c(OC)cc3C(=O)N2C1.COC(=O)CCOCCOCCOCCOc1cc(CO)cc(CO)c1.COC(=O)CCOCCOCCOCCOc1cc(COS(C)(=O)=O)cc(COS(C)(=O)=O)c1. The number of benzene rings is 6. The topological polar surface area (TPSA) is 481 Å². The van der Waals surface area contributed by atoms with E-state index in [1.807, 2.05) is 67.3 Å². The van der Waals surface area contributed by atoms with Crippen LogP contribution in [-0.4, -0.2) is 333 Å². The van der Waals surface area contributed by atoms with Crippen LogP contribution in [0.4, 0.5) is 17.1 Å². The molecule has 0 radical (unpaired) electrons. The Morgan fingerprint density at radius 2 is 0.604 bits per heavy atom. The lowest BCUT2D eigenvalue weighted by Crippen LogP contribution is -2.35. The predicted molar refractivity (Wildman–Crippen MR) is 528 cm³/mol. The Morgan fingerprint density at radius 1 is 0.340 bits per heavy atom. The van der Waals surface area contributed by atoms with Crippen molar-refractivity contribution in [3.8, 4) is 51.7 Å². The standard InChI is InChI=1S/C48H56N4O12.C20H32O12S2.C18H28O8.C15H16N2O3/c1-6-31-17-35-25-49-40-23-44(42(56-3)21-38(40)47(54)51(35)27-31)63-29-33-16-34(20-37(19-33)62-15-14-61-13-12-60-11-10-59-9-8-46(53)58-5)30-64-45-24-41-39(22-43(45)57-4)48(55)52-28-32(7-2)18-36(52)26-50-41;1-26-20(21)4-5-27-6-7-28-8-9-29-10-11-30-19-13-17(15-31-33(2,22)23)12-18(14-19)16-32-34(3,24)25;1-22-18(21)2-3-23-4-5-24-6-7-25-8-9-26-17-11-15(13-19)10-16(12-17)14-20;1-3-9-4-10-7-16-12-6-13(18)14(20-2)5-11(12)15(19)17(10)8-9/h6-7,16,19-26,35-36H,8-15,17-18,27-30H2,1-5H3;12-14H,4-11,15-16H2,1-3H3;10-12,19-20H,2-9,13-14H2,1H3;3,5-7,10,18H,4,8H2,1-2H3/b31-6+,32-7+;;;9-3+/t35-,36-;;;10-/m0..0/s1. The number of esters is 3. The van der Waals surface area contributed by atoms with Gasteiger partial charge in [0.25, 0.3) is 38.0 Å². The van der Waals surface area contributed by atoms with Crippen LogP contribution in [-0.2, 0) is 139 Å². The first-order valence-electron chi connectivity index (χ1n) is 46.7. The number of allylic oxidation sites excluding steroid dienone is 3. The molecule has 0 aromatic heterocycles. The maximum absolute atomic E-state index is 13.7. The van der Waals surface area contributed by atoms with E-state index in [-0.39, 0.29) is 157 Å². The van der Waals surface area contributed by atoms with Gasteiger partial charge in [-0.1, -0.05) is 47.1 Å². The Hall–Kier alpha value is -12.0. The number of carbonyl (C=O) groups is 6. The highest BCUT2D eigenvalue weighted by Crippen LogP contribution is 2.43. The highest BCUT2D eigenvalue weighted by Gasteiger charge is 2.38. The van der Waals surface area contributed by atoms with E-state index in [2.05, 4.69) is 31.4 Å². The number of phenols is 1. The van der Waals surface area contributed by atoms with Crippen LogP contribution in [0.15, 0.2) is 141 Å². The Kier molecular flexibility index (Phi) is 49.2. The first-order chi connectivity index (χ1) is 69.5. The minimum absolute atomic E-state index is 0.00534. The highest BCUT2D eigenvalue weighted by atomic mass is 32.2. The van der Waals surface area contributed by atoms with Crippen molar-refractivity contribution in [2.45, 2.75) is 117 Å². The Bertz CT molecular complexity index is 5420. The fraction of sp³-hybridized carbons (Fsp3) is 0.495. The largest absolute Gasteiger partial charge is 0.504 e. The molecule has 0 aliphatic carbocycles. The summed E-state index contributed by atoms with van der Waals surface area (Å²) in [5.41, 5.74) is 10.4. The molecule has 6 heterocycles. The van der Waals surface area contributed by atoms with Gasteiger partial charge in [0.05, 0.1) is 272 Å². The van der Waals surface area contributed by atoms with E-state index >= 15 is 0 Å². The fourth-order valence-corrected chi connectivity index (χ4v) is 15.6. The number of amides is 3. The minimum atomic E-state index is -3.65. The molecule has 3 N–H and O–H groups in total. The maximum atomic E-state index is 13.7. The molecule has 0 saturated carbocycles. The lowest BCUT2D eigenvalue weighted by atomic mass is 10.1. The van der Waals surface area contributed by atoms with E-state index in [0.717, 1.165) is 42.9 Å². The van der Waals surface area contributed by atoms with Gasteiger partial charge >= 0.3 is 17.9 Å². The molecule has 788 valence electrons. The lowest BCUT2D eigenvalue weighted by molar-refractivity contribution is -0.142. The van der Waals surface area contributed by atoms with Crippen LogP contribution in [0, 0.1) is 0 Å². The van der Waals surface area contributed by atoms with Gasteiger partial charge in [0.1, 0.15) is 50.3 Å². The second-order valence-corrected chi connectivity index (χ2v) is 36.0. The number of aliphatic hydroxyl groups excluding tert-OH is 2. The molecule has 0 spiro atoms. The lowest BCUT2D eigenvalue weighted by Gasteiger charge is -2.20. The quantitative estimate of drug-likeness (QED) is 0.0105. The Labute approximate surface area is 839 Å². The highest BCUT2D eigenvalue weighted by molar-refractivity contribution is 7.86. The predicted octanol–water partition coefficient (Wildman–Crippen LogP) is 10.2. The summed E-state index contributed by atoms with van der Waals surface area (Å²) in [7, 11) is 1.24. The molecule has 12 rings (SSSR count). The number of carbonyl (C=O) groups excluding carboxylic acids is 6. The van der Waals surface area contributed by atoms with E-state index in [1.165, 1.54) is 51.2 Å². The normalized spacial score (nSPS) is 16.2. The van der Waals surface area contributed by atoms with Gasteiger partial charge in [0.15, 0.2) is 34.5 Å². The summed E-state index contributed by atoms with van der Waals surface area (Å²) in [6.45, 7) is 14.5. The number of phenolic OH excluding ortho intramolecular Hbond substituents is 1. The number of aliphatic hydroxyl groups is 2. The van der Waals surface area contributed by atoms with Gasteiger partial charge in [-0.05, 0) is 134 Å². The summed E-state index contributed by atoms with van der Waals surface area (Å²) in [5, 5.41) is 28.1. The van der Waals surface area contributed by atoms with E-state index < -0.39 is 20.2 Å². The van der Waals surface area contributed by atoms with Crippen molar-refractivity contribution in [2.24, 2.45) is 15.0 Å². The molecule has 6 aliphatic rings. The van der Waals surface area contributed by atoms with E-state index in [4.69, 9.17) is 98.9 Å². The first-order valence-corrected chi connectivity index (χ1v) is 50.3. The van der Waals surface area contributed by atoms with Crippen LogP contribution < -0.4 is 37.9 Å². The number of nitrogens with zero attached hydrogens (tertiary/aromatic N) is 6. The second kappa shape index (κ2) is 61.3. The van der Waals surface area contributed by atoms with Gasteiger partial charge in [-0.2, -0.15) is 16.8 Å². The van der Waals surface area contributed by atoms with Crippen molar-refractivity contribution in [1.82, 2.24) is 14.7 Å². The van der Waals surface area contributed by atoms with E-state index in [0.29, 0.717) is 222 Å². The molecular weight excluding hydrogens is 1920 g/mol. The number of aliphatic imine (C=N–C) groups is 3. The summed E-state index contributed by atoms with van der Waals surface area (Å²) in [5.74, 6) is 2.29. The monoisotopic (exact) mass is 2050 g/mol. The molecule has 0 bridgehead atoms. The number of aromatic hydroxyl groups is 1.